The van der Waals surface area contributed by atoms with Crippen molar-refractivity contribution in [1.29, 1.82) is 0 Å². The first-order valence-corrected chi connectivity index (χ1v) is 10.8. The standard InChI is InChI=1S/C25H20INO4/c1-16-7-3-5-9-19(16)24-27-21(25(28)31-24)13-17-11-12-22(23(14-17)29-2)30-15-18-8-4-6-10-20(18)26/h3-14H,15H2,1-2H3/b21-13-. The van der Waals surface area contributed by atoms with Crippen molar-refractivity contribution in [1.82, 2.24) is 0 Å². The summed E-state index contributed by atoms with van der Waals surface area (Å²) in [5.74, 6) is 1.05. The van der Waals surface area contributed by atoms with Crippen molar-refractivity contribution in [2.24, 2.45) is 4.99 Å². The van der Waals surface area contributed by atoms with E-state index in [0.29, 0.717) is 24.0 Å². The Morgan fingerprint density at radius 2 is 1.81 bits per heavy atom. The first-order valence-electron chi connectivity index (χ1n) is 9.68. The van der Waals surface area contributed by atoms with Gasteiger partial charge in [-0.05, 0) is 71.0 Å². The molecule has 0 aromatic heterocycles. The van der Waals surface area contributed by atoms with E-state index in [1.165, 1.54) is 0 Å². The van der Waals surface area contributed by atoms with Crippen LogP contribution in [0.1, 0.15) is 22.3 Å². The summed E-state index contributed by atoms with van der Waals surface area (Å²) >= 11 is 2.29. The van der Waals surface area contributed by atoms with Crippen LogP contribution >= 0.6 is 22.6 Å². The van der Waals surface area contributed by atoms with Crippen LogP contribution in [0.3, 0.4) is 0 Å². The maximum absolute atomic E-state index is 12.3. The largest absolute Gasteiger partial charge is 0.493 e. The van der Waals surface area contributed by atoms with Crippen LogP contribution in [0.4, 0.5) is 0 Å². The lowest BCUT2D eigenvalue weighted by atomic mass is 10.1. The highest BCUT2D eigenvalue weighted by atomic mass is 127. The maximum atomic E-state index is 12.3. The number of rotatable bonds is 6. The number of esters is 1. The molecule has 0 aliphatic carbocycles. The van der Waals surface area contributed by atoms with Crippen LogP contribution in [-0.4, -0.2) is 19.0 Å². The highest BCUT2D eigenvalue weighted by Gasteiger charge is 2.25. The Balaban J connectivity index is 1.56. The van der Waals surface area contributed by atoms with Gasteiger partial charge in [0.2, 0.25) is 5.90 Å². The summed E-state index contributed by atoms with van der Waals surface area (Å²) in [5, 5.41) is 0. The van der Waals surface area contributed by atoms with Crippen LogP contribution in [0.25, 0.3) is 6.08 Å². The molecule has 31 heavy (non-hydrogen) atoms. The zero-order valence-electron chi connectivity index (χ0n) is 17.1. The average molecular weight is 525 g/mol. The summed E-state index contributed by atoms with van der Waals surface area (Å²) in [6.45, 7) is 2.39. The number of aliphatic imine (C=N–C) groups is 1. The summed E-state index contributed by atoms with van der Waals surface area (Å²) in [4.78, 5) is 16.7. The van der Waals surface area contributed by atoms with Crippen molar-refractivity contribution in [3.05, 3.63) is 98.3 Å². The van der Waals surface area contributed by atoms with Crippen LogP contribution in [0.15, 0.2) is 77.4 Å². The molecule has 0 N–H and O–H groups in total. The lowest BCUT2D eigenvalue weighted by molar-refractivity contribution is -0.129. The minimum atomic E-state index is -0.476. The molecule has 0 fully saturated rings. The van der Waals surface area contributed by atoms with E-state index in [1.54, 1.807) is 13.2 Å². The van der Waals surface area contributed by atoms with Gasteiger partial charge in [-0.15, -0.1) is 0 Å². The maximum Gasteiger partial charge on any atom is 0.363 e. The molecule has 0 saturated heterocycles. The first kappa shape index (κ1) is 21.1. The number of halogens is 1. The van der Waals surface area contributed by atoms with E-state index in [9.17, 15) is 4.79 Å². The van der Waals surface area contributed by atoms with E-state index in [1.807, 2.05) is 73.7 Å². The molecular weight excluding hydrogens is 505 g/mol. The smallest absolute Gasteiger partial charge is 0.363 e. The normalized spacial score (nSPS) is 14.4. The van der Waals surface area contributed by atoms with E-state index in [4.69, 9.17) is 14.2 Å². The Morgan fingerprint density at radius 3 is 2.58 bits per heavy atom. The lowest BCUT2D eigenvalue weighted by Crippen LogP contribution is -2.06. The van der Waals surface area contributed by atoms with Gasteiger partial charge in [-0.1, -0.05) is 42.5 Å². The van der Waals surface area contributed by atoms with Crippen molar-refractivity contribution in [2.45, 2.75) is 13.5 Å². The fourth-order valence-corrected chi connectivity index (χ4v) is 3.70. The van der Waals surface area contributed by atoms with E-state index in [-0.39, 0.29) is 5.70 Å². The second-order valence-electron chi connectivity index (χ2n) is 6.94. The number of benzene rings is 3. The van der Waals surface area contributed by atoms with Crippen molar-refractivity contribution in [3.8, 4) is 11.5 Å². The van der Waals surface area contributed by atoms with Crippen LogP contribution in [0, 0.1) is 10.5 Å². The first-order chi connectivity index (χ1) is 15.0. The number of methoxy groups -OCH3 is 1. The Kier molecular flexibility index (Phi) is 6.36. The molecule has 3 aromatic carbocycles. The average Bonchev–Trinajstić information content (AvgIpc) is 3.13. The monoisotopic (exact) mass is 525 g/mol. The van der Waals surface area contributed by atoms with E-state index in [2.05, 4.69) is 27.6 Å². The van der Waals surface area contributed by atoms with Crippen molar-refractivity contribution in [2.75, 3.05) is 7.11 Å². The van der Waals surface area contributed by atoms with Crippen molar-refractivity contribution < 1.29 is 19.0 Å². The number of cyclic esters (lactones) is 1. The summed E-state index contributed by atoms with van der Waals surface area (Å²) < 4.78 is 18.0. The number of hydrogen-bond acceptors (Lipinski definition) is 5. The lowest BCUT2D eigenvalue weighted by Gasteiger charge is -2.12. The van der Waals surface area contributed by atoms with Crippen molar-refractivity contribution in [3.63, 3.8) is 0 Å². The third-order valence-corrected chi connectivity index (χ3v) is 5.88. The predicted octanol–water partition coefficient (Wildman–Crippen LogP) is 5.53. The molecular formula is C25H20INO4. The highest BCUT2D eigenvalue weighted by molar-refractivity contribution is 14.1. The Labute approximate surface area is 194 Å². The van der Waals surface area contributed by atoms with Gasteiger partial charge in [0.25, 0.3) is 0 Å². The summed E-state index contributed by atoms with van der Waals surface area (Å²) in [7, 11) is 1.59. The molecule has 1 aliphatic heterocycles. The van der Waals surface area contributed by atoms with Gasteiger partial charge in [-0.2, -0.15) is 0 Å². The van der Waals surface area contributed by atoms with Gasteiger partial charge < -0.3 is 14.2 Å². The molecule has 156 valence electrons. The molecule has 0 radical (unpaired) electrons. The Morgan fingerprint density at radius 1 is 1.03 bits per heavy atom. The molecule has 0 amide bonds. The number of aryl methyl sites for hydroxylation is 1. The second-order valence-corrected chi connectivity index (χ2v) is 8.10. The predicted molar refractivity (Wildman–Crippen MR) is 128 cm³/mol. The molecule has 0 bridgehead atoms. The molecule has 1 aliphatic rings. The topological polar surface area (TPSA) is 57.1 Å². The zero-order chi connectivity index (χ0) is 21.8. The van der Waals surface area contributed by atoms with Gasteiger partial charge in [0.15, 0.2) is 17.2 Å². The summed E-state index contributed by atoms with van der Waals surface area (Å²) in [6.07, 6.45) is 1.68. The highest BCUT2D eigenvalue weighted by Crippen LogP contribution is 2.31. The quantitative estimate of drug-likeness (QED) is 0.241. The molecule has 0 unspecified atom stereocenters. The molecule has 6 heteroatoms. The Hall–Kier alpha value is -3.13. The molecule has 0 saturated carbocycles. The zero-order valence-corrected chi connectivity index (χ0v) is 19.3. The molecule has 4 rings (SSSR count). The van der Waals surface area contributed by atoms with Gasteiger partial charge in [0.1, 0.15) is 6.61 Å². The summed E-state index contributed by atoms with van der Waals surface area (Å²) in [5.41, 5.74) is 3.90. The van der Waals surface area contributed by atoms with Gasteiger partial charge in [0.05, 0.1) is 7.11 Å². The third kappa shape index (κ3) is 4.80. The minimum absolute atomic E-state index is 0.243. The number of carbonyl (C=O) groups is 1. The Bertz CT molecular complexity index is 1200. The molecule has 0 spiro atoms. The van der Waals surface area contributed by atoms with E-state index >= 15 is 0 Å². The third-order valence-electron chi connectivity index (χ3n) is 4.83. The SMILES string of the molecule is COc1cc(/C=C2\N=C(c3ccccc3C)OC2=O)ccc1OCc1ccccc1I. The van der Waals surface area contributed by atoms with Crippen LogP contribution in [0.5, 0.6) is 11.5 Å². The molecule has 0 atom stereocenters. The number of nitrogens with zero attached hydrogens (tertiary/aromatic N) is 1. The summed E-state index contributed by atoms with van der Waals surface area (Å²) in [6, 6.07) is 21.2. The van der Waals surface area contributed by atoms with Crippen LogP contribution in [-0.2, 0) is 16.1 Å². The number of hydrogen-bond donors (Lipinski definition) is 0. The van der Waals surface area contributed by atoms with Gasteiger partial charge in [-0.25, -0.2) is 9.79 Å². The molecule has 5 nitrogen and oxygen atoms in total. The van der Waals surface area contributed by atoms with Crippen LogP contribution < -0.4 is 9.47 Å². The van der Waals surface area contributed by atoms with Gasteiger partial charge in [0, 0.05) is 14.7 Å². The van der Waals surface area contributed by atoms with Crippen molar-refractivity contribution >= 4 is 40.5 Å². The van der Waals surface area contributed by atoms with E-state index in [0.717, 1.165) is 25.8 Å². The minimum Gasteiger partial charge on any atom is -0.493 e. The van der Waals surface area contributed by atoms with Gasteiger partial charge in [-0.3, -0.25) is 0 Å². The number of ether oxygens (including phenoxy) is 3. The second kappa shape index (κ2) is 9.34. The molecule has 1 heterocycles. The fraction of sp³-hybridized carbons (Fsp3) is 0.120. The number of carbonyl (C=O) groups excluding carboxylic acids is 1. The molecule has 3 aromatic rings. The fourth-order valence-electron chi connectivity index (χ4n) is 3.16. The van der Waals surface area contributed by atoms with Gasteiger partial charge >= 0.3 is 5.97 Å². The van der Waals surface area contributed by atoms with Crippen LogP contribution in [0.2, 0.25) is 0 Å². The van der Waals surface area contributed by atoms with E-state index < -0.39 is 5.97 Å².